The molecule has 4 heteroatoms. The molecule has 0 aliphatic heterocycles. The van der Waals surface area contributed by atoms with Crippen LogP contribution in [0.3, 0.4) is 0 Å². The second-order valence-corrected chi connectivity index (χ2v) is 5.53. The summed E-state index contributed by atoms with van der Waals surface area (Å²) in [6, 6.07) is 12.1. The SMILES string of the molecule is Cc1cc(N[C@@H](CCO)c2ccccc2)nc(C(C)C)n1. The fraction of sp³-hybridized carbons (Fsp3) is 0.412. The number of aromatic nitrogens is 2. The van der Waals surface area contributed by atoms with Crippen molar-refractivity contribution in [2.24, 2.45) is 0 Å². The molecule has 1 atom stereocenters. The fourth-order valence-electron chi connectivity index (χ4n) is 2.24. The van der Waals surface area contributed by atoms with E-state index in [1.165, 1.54) is 0 Å². The molecule has 2 rings (SSSR count). The molecule has 112 valence electrons. The van der Waals surface area contributed by atoms with Crippen LogP contribution < -0.4 is 5.32 Å². The summed E-state index contributed by atoms with van der Waals surface area (Å²) in [5.74, 6) is 1.94. The van der Waals surface area contributed by atoms with E-state index < -0.39 is 0 Å². The summed E-state index contributed by atoms with van der Waals surface area (Å²) < 4.78 is 0. The highest BCUT2D eigenvalue weighted by Crippen LogP contribution is 2.22. The summed E-state index contributed by atoms with van der Waals surface area (Å²) in [4.78, 5) is 9.04. The minimum absolute atomic E-state index is 0.0468. The predicted octanol–water partition coefficient (Wildman–Crippen LogP) is 3.44. The Balaban J connectivity index is 2.25. The maximum Gasteiger partial charge on any atom is 0.133 e. The van der Waals surface area contributed by atoms with Crippen molar-refractivity contribution in [3.63, 3.8) is 0 Å². The molecule has 0 saturated carbocycles. The Morgan fingerprint density at radius 1 is 1.14 bits per heavy atom. The number of aliphatic hydroxyl groups is 1. The third-order valence-electron chi connectivity index (χ3n) is 3.33. The first-order valence-electron chi connectivity index (χ1n) is 7.38. The Bertz CT molecular complexity index is 570. The summed E-state index contributed by atoms with van der Waals surface area (Å²) in [6.45, 7) is 6.28. The molecule has 1 heterocycles. The summed E-state index contributed by atoms with van der Waals surface area (Å²) in [7, 11) is 0. The number of hydrogen-bond donors (Lipinski definition) is 2. The minimum Gasteiger partial charge on any atom is -0.396 e. The number of nitrogens with one attached hydrogen (secondary N) is 1. The van der Waals surface area contributed by atoms with Crippen LogP contribution >= 0.6 is 0 Å². The summed E-state index contributed by atoms with van der Waals surface area (Å²) >= 11 is 0. The van der Waals surface area contributed by atoms with E-state index in [1.807, 2.05) is 31.2 Å². The van der Waals surface area contributed by atoms with Gasteiger partial charge in [-0.2, -0.15) is 0 Å². The van der Waals surface area contributed by atoms with Crippen LogP contribution in [0.15, 0.2) is 36.4 Å². The Labute approximate surface area is 126 Å². The second kappa shape index (κ2) is 7.18. The fourth-order valence-corrected chi connectivity index (χ4v) is 2.24. The van der Waals surface area contributed by atoms with Crippen molar-refractivity contribution >= 4 is 5.82 Å². The van der Waals surface area contributed by atoms with Crippen molar-refractivity contribution < 1.29 is 5.11 Å². The topological polar surface area (TPSA) is 58.0 Å². The van der Waals surface area contributed by atoms with E-state index in [2.05, 4.69) is 41.3 Å². The normalized spacial score (nSPS) is 12.4. The molecule has 0 amide bonds. The van der Waals surface area contributed by atoms with Gasteiger partial charge in [0.15, 0.2) is 0 Å². The molecule has 1 aromatic heterocycles. The average molecular weight is 285 g/mol. The van der Waals surface area contributed by atoms with Gasteiger partial charge < -0.3 is 10.4 Å². The van der Waals surface area contributed by atoms with Gasteiger partial charge in [-0.3, -0.25) is 0 Å². The van der Waals surface area contributed by atoms with Crippen molar-refractivity contribution in [3.05, 3.63) is 53.5 Å². The van der Waals surface area contributed by atoms with Crippen molar-refractivity contribution in [2.75, 3.05) is 11.9 Å². The van der Waals surface area contributed by atoms with E-state index in [1.54, 1.807) is 0 Å². The Morgan fingerprint density at radius 3 is 2.48 bits per heavy atom. The number of anilines is 1. The van der Waals surface area contributed by atoms with Crippen molar-refractivity contribution in [3.8, 4) is 0 Å². The van der Waals surface area contributed by atoms with Gasteiger partial charge in [0, 0.05) is 24.3 Å². The van der Waals surface area contributed by atoms with Crippen LogP contribution in [0.2, 0.25) is 0 Å². The Hall–Kier alpha value is -1.94. The van der Waals surface area contributed by atoms with Gasteiger partial charge >= 0.3 is 0 Å². The number of aliphatic hydroxyl groups excluding tert-OH is 1. The van der Waals surface area contributed by atoms with Crippen molar-refractivity contribution in [1.82, 2.24) is 9.97 Å². The molecule has 2 N–H and O–H groups in total. The summed E-state index contributed by atoms with van der Waals surface area (Å²) in [6.07, 6.45) is 0.643. The highest BCUT2D eigenvalue weighted by atomic mass is 16.3. The highest BCUT2D eigenvalue weighted by Gasteiger charge is 2.13. The van der Waals surface area contributed by atoms with Crippen LogP contribution in [0.1, 0.15) is 49.3 Å². The average Bonchev–Trinajstić information content (AvgIpc) is 2.47. The molecule has 0 spiro atoms. The molecule has 2 aromatic rings. The molecular weight excluding hydrogens is 262 g/mol. The third-order valence-corrected chi connectivity index (χ3v) is 3.33. The molecule has 0 unspecified atom stereocenters. The molecule has 0 saturated heterocycles. The lowest BCUT2D eigenvalue weighted by atomic mass is 10.0. The monoisotopic (exact) mass is 285 g/mol. The largest absolute Gasteiger partial charge is 0.396 e. The number of aryl methyl sites for hydroxylation is 1. The maximum absolute atomic E-state index is 9.30. The number of hydrogen-bond acceptors (Lipinski definition) is 4. The van der Waals surface area contributed by atoms with Crippen LogP contribution in [-0.4, -0.2) is 21.7 Å². The van der Waals surface area contributed by atoms with Crippen LogP contribution in [0.4, 0.5) is 5.82 Å². The molecule has 21 heavy (non-hydrogen) atoms. The smallest absolute Gasteiger partial charge is 0.133 e. The first-order chi connectivity index (χ1) is 10.1. The number of benzene rings is 1. The highest BCUT2D eigenvalue weighted by molar-refractivity contribution is 5.40. The van der Waals surface area contributed by atoms with Crippen LogP contribution in [0.5, 0.6) is 0 Å². The predicted molar refractivity (Wildman–Crippen MR) is 85.4 cm³/mol. The van der Waals surface area contributed by atoms with Gasteiger partial charge in [0.2, 0.25) is 0 Å². The van der Waals surface area contributed by atoms with Crippen molar-refractivity contribution in [1.29, 1.82) is 0 Å². The second-order valence-electron chi connectivity index (χ2n) is 5.53. The van der Waals surface area contributed by atoms with Crippen LogP contribution in [-0.2, 0) is 0 Å². The molecule has 1 aromatic carbocycles. The Kier molecular flexibility index (Phi) is 5.28. The minimum atomic E-state index is 0.0468. The van der Waals surface area contributed by atoms with E-state index in [0.29, 0.717) is 12.3 Å². The van der Waals surface area contributed by atoms with Gasteiger partial charge in [-0.05, 0) is 18.9 Å². The quantitative estimate of drug-likeness (QED) is 0.853. The molecule has 0 aliphatic carbocycles. The zero-order valence-electron chi connectivity index (χ0n) is 12.9. The van der Waals surface area contributed by atoms with Gasteiger partial charge in [-0.1, -0.05) is 44.2 Å². The zero-order valence-corrected chi connectivity index (χ0v) is 12.9. The molecular formula is C17H23N3O. The molecule has 0 radical (unpaired) electrons. The summed E-state index contributed by atoms with van der Waals surface area (Å²) in [5, 5.41) is 12.7. The third kappa shape index (κ3) is 4.26. The van der Waals surface area contributed by atoms with E-state index in [-0.39, 0.29) is 12.6 Å². The van der Waals surface area contributed by atoms with E-state index in [9.17, 15) is 5.11 Å². The first-order valence-corrected chi connectivity index (χ1v) is 7.38. The number of rotatable bonds is 6. The van der Waals surface area contributed by atoms with Gasteiger partial charge in [-0.15, -0.1) is 0 Å². The van der Waals surface area contributed by atoms with Gasteiger partial charge in [0.05, 0.1) is 6.04 Å². The molecule has 0 aliphatic rings. The first kappa shape index (κ1) is 15.4. The molecule has 4 nitrogen and oxygen atoms in total. The van der Waals surface area contributed by atoms with Gasteiger partial charge in [0.1, 0.15) is 11.6 Å². The lowest BCUT2D eigenvalue weighted by molar-refractivity contribution is 0.280. The molecule has 0 fully saturated rings. The molecule has 0 bridgehead atoms. The standard InChI is InChI=1S/C17H23N3O/c1-12(2)17-18-13(3)11-16(20-17)19-15(9-10-21)14-7-5-4-6-8-14/h4-8,11-12,15,21H,9-10H2,1-3H3,(H,18,19,20)/t15-/m0/s1. The van der Waals surface area contributed by atoms with Crippen molar-refractivity contribution in [2.45, 2.75) is 39.2 Å². The lowest BCUT2D eigenvalue weighted by Gasteiger charge is -2.20. The van der Waals surface area contributed by atoms with E-state index in [0.717, 1.165) is 22.9 Å². The maximum atomic E-state index is 9.30. The van der Waals surface area contributed by atoms with Gasteiger partial charge in [0.25, 0.3) is 0 Å². The zero-order chi connectivity index (χ0) is 15.2. The van der Waals surface area contributed by atoms with E-state index >= 15 is 0 Å². The van der Waals surface area contributed by atoms with E-state index in [4.69, 9.17) is 0 Å². The Morgan fingerprint density at radius 2 is 1.86 bits per heavy atom. The van der Waals surface area contributed by atoms with Crippen LogP contribution in [0.25, 0.3) is 0 Å². The number of nitrogens with zero attached hydrogens (tertiary/aromatic N) is 2. The summed E-state index contributed by atoms with van der Waals surface area (Å²) in [5.41, 5.74) is 2.10. The van der Waals surface area contributed by atoms with Crippen LogP contribution in [0, 0.1) is 6.92 Å². The van der Waals surface area contributed by atoms with Gasteiger partial charge in [-0.25, -0.2) is 9.97 Å². The lowest BCUT2D eigenvalue weighted by Crippen LogP contribution is -2.14.